The molecule has 5 rings (SSSR count). The molecule has 2 aromatic rings. The zero-order valence-corrected chi connectivity index (χ0v) is 15.0. The first kappa shape index (κ1) is 14.9. The highest BCUT2D eigenvalue weighted by molar-refractivity contribution is 8.00. The van der Waals surface area contributed by atoms with Crippen LogP contribution in [0.3, 0.4) is 0 Å². The van der Waals surface area contributed by atoms with Crippen LogP contribution in [0.5, 0.6) is 11.5 Å². The number of thioether (sulfide) groups is 1. The maximum Gasteiger partial charge on any atom is 0.305 e. The molecule has 1 aromatic carbocycles. The number of phenols is 1. The molecule has 126 valence electrons. The Morgan fingerprint density at radius 3 is 2.96 bits per heavy atom. The van der Waals surface area contributed by atoms with Gasteiger partial charge in [-0.05, 0) is 54.7 Å². The minimum Gasteiger partial charge on any atom is -0.504 e. The van der Waals surface area contributed by atoms with Crippen LogP contribution in [0.4, 0.5) is 0 Å². The molecule has 1 aromatic heterocycles. The van der Waals surface area contributed by atoms with Gasteiger partial charge in [-0.15, -0.1) is 11.8 Å². The second-order valence-corrected chi connectivity index (χ2v) is 9.31. The number of fused-ring (bicyclic) bond motifs is 6. The van der Waals surface area contributed by atoms with Crippen LogP contribution < -0.4 is 9.61 Å². The van der Waals surface area contributed by atoms with Crippen molar-refractivity contribution in [3.8, 4) is 11.5 Å². The summed E-state index contributed by atoms with van der Waals surface area (Å²) in [6, 6.07) is 5.66. The summed E-state index contributed by atoms with van der Waals surface area (Å²) in [6.07, 6.45) is 3.97. The summed E-state index contributed by atoms with van der Waals surface area (Å²) < 4.78 is 5.32. The number of H-pyrrole nitrogens is 1. The molecule has 0 radical (unpaired) electrons. The second kappa shape index (κ2) is 5.30. The average molecular weight is 361 g/mol. The Bertz CT molecular complexity index is 858. The number of phenolic OH excluding ortho intramolecular Hbond substituents is 1. The topological polar surface area (TPSA) is 62.3 Å². The highest BCUT2D eigenvalue weighted by atomic mass is 32.2. The van der Waals surface area contributed by atoms with Crippen molar-refractivity contribution in [1.29, 1.82) is 0 Å². The van der Waals surface area contributed by atoms with Crippen LogP contribution in [-0.2, 0) is 0 Å². The molecule has 0 spiro atoms. The van der Waals surface area contributed by atoms with Crippen molar-refractivity contribution < 1.29 is 9.84 Å². The van der Waals surface area contributed by atoms with Gasteiger partial charge in [0.25, 0.3) is 0 Å². The number of hydrogen-bond donors (Lipinski definition) is 2. The summed E-state index contributed by atoms with van der Waals surface area (Å²) in [6.45, 7) is 0. The van der Waals surface area contributed by atoms with Crippen LogP contribution in [0.15, 0.2) is 28.0 Å². The highest BCUT2D eigenvalue weighted by Gasteiger charge is 2.54. The molecule has 6 heteroatoms. The van der Waals surface area contributed by atoms with E-state index >= 15 is 0 Å². The molecule has 2 heterocycles. The number of rotatable bonds is 2. The summed E-state index contributed by atoms with van der Waals surface area (Å²) in [4.78, 5) is 16.3. The monoisotopic (exact) mass is 361 g/mol. The quantitative estimate of drug-likeness (QED) is 0.854. The number of aromatic hydroxyl groups is 1. The van der Waals surface area contributed by atoms with E-state index in [0.717, 1.165) is 22.4 Å². The van der Waals surface area contributed by atoms with Crippen LogP contribution in [0.1, 0.15) is 35.6 Å². The van der Waals surface area contributed by atoms with E-state index in [9.17, 15) is 9.90 Å². The number of benzene rings is 1. The van der Waals surface area contributed by atoms with Crippen molar-refractivity contribution in [1.82, 2.24) is 4.98 Å². The maximum atomic E-state index is 12.0. The van der Waals surface area contributed by atoms with Crippen LogP contribution in [-0.4, -0.2) is 22.5 Å². The normalized spacial score (nSPS) is 33.3. The first-order valence-electron chi connectivity index (χ1n) is 8.42. The standard InChI is InChI=1S/C18H19NO3S2/c1-22-12-7-9(4-5-11(12)20)14-13-8-2-3-10(6-8)15(13)23-17-16(14)24-18(21)19-17/h4-5,7-8,10,13-15,20H,2-3,6H2,1H3,(H,19,21)/t8-,10-,13-,14-,15-/m1/s1. The number of aromatic amines is 1. The smallest absolute Gasteiger partial charge is 0.305 e. The Morgan fingerprint density at radius 1 is 1.29 bits per heavy atom. The van der Waals surface area contributed by atoms with Gasteiger partial charge >= 0.3 is 4.87 Å². The molecule has 0 amide bonds. The van der Waals surface area contributed by atoms with Crippen molar-refractivity contribution in [3.05, 3.63) is 38.3 Å². The van der Waals surface area contributed by atoms with Gasteiger partial charge in [-0.3, -0.25) is 4.79 Å². The Hall–Kier alpha value is -1.40. The molecule has 1 aliphatic heterocycles. The lowest BCUT2D eigenvalue weighted by molar-refractivity contribution is 0.306. The van der Waals surface area contributed by atoms with Gasteiger partial charge in [0.05, 0.1) is 12.1 Å². The zero-order valence-electron chi connectivity index (χ0n) is 13.3. The van der Waals surface area contributed by atoms with Crippen molar-refractivity contribution in [2.75, 3.05) is 7.11 Å². The lowest BCUT2D eigenvalue weighted by atomic mass is 9.75. The molecule has 2 bridgehead atoms. The largest absolute Gasteiger partial charge is 0.504 e. The molecule has 2 N–H and O–H groups in total. The van der Waals surface area contributed by atoms with Crippen LogP contribution in [0.25, 0.3) is 0 Å². The molecule has 5 atom stereocenters. The number of nitrogens with one attached hydrogen (secondary N) is 1. The number of ether oxygens (including phenoxy) is 1. The number of hydrogen-bond acceptors (Lipinski definition) is 5. The van der Waals surface area contributed by atoms with Gasteiger partial charge in [-0.1, -0.05) is 17.4 Å². The number of methoxy groups -OCH3 is 1. The molecule has 2 aliphatic carbocycles. The van der Waals surface area contributed by atoms with Gasteiger partial charge in [0.15, 0.2) is 11.5 Å². The SMILES string of the molecule is COc1cc([C@H]2c3sc(=O)[nH]c3S[C@@H]3[C@@H]4CC[C@H](C4)[C@H]23)ccc1O. The predicted molar refractivity (Wildman–Crippen MR) is 95.4 cm³/mol. The number of aromatic nitrogens is 1. The molecular formula is C18H19NO3S2. The fourth-order valence-electron chi connectivity index (χ4n) is 5.11. The molecule has 2 fully saturated rings. The zero-order chi connectivity index (χ0) is 16.4. The van der Waals surface area contributed by atoms with Crippen LogP contribution >= 0.6 is 23.1 Å². The Morgan fingerprint density at radius 2 is 2.12 bits per heavy atom. The molecule has 0 saturated heterocycles. The average Bonchev–Trinajstić information content (AvgIpc) is 3.26. The van der Waals surface area contributed by atoms with Crippen LogP contribution in [0.2, 0.25) is 0 Å². The van der Waals surface area contributed by atoms with Crippen molar-refractivity contribution in [2.45, 2.75) is 35.5 Å². The third kappa shape index (κ3) is 2.02. The fraction of sp³-hybridized carbons (Fsp3) is 0.500. The summed E-state index contributed by atoms with van der Waals surface area (Å²) in [7, 11) is 1.58. The predicted octanol–water partition coefficient (Wildman–Crippen LogP) is 3.80. The van der Waals surface area contributed by atoms with Crippen molar-refractivity contribution in [2.24, 2.45) is 17.8 Å². The maximum absolute atomic E-state index is 12.0. The second-order valence-electron chi connectivity index (χ2n) is 7.11. The summed E-state index contributed by atoms with van der Waals surface area (Å²) >= 11 is 3.25. The van der Waals surface area contributed by atoms with Gasteiger partial charge in [-0.25, -0.2) is 0 Å². The first-order chi connectivity index (χ1) is 11.7. The summed E-state index contributed by atoms with van der Waals surface area (Å²) in [5.74, 6) is 3.03. The van der Waals surface area contributed by atoms with E-state index < -0.39 is 0 Å². The van der Waals surface area contributed by atoms with E-state index in [1.807, 2.05) is 23.9 Å². The van der Waals surface area contributed by atoms with E-state index in [1.165, 1.54) is 35.5 Å². The van der Waals surface area contributed by atoms with E-state index in [-0.39, 0.29) is 16.5 Å². The lowest BCUT2D eigenvalue weighted by Crippen LogP contribution is -2.33. The minimum atomic E-state index is 0.0376. The third-order valence-corrected chi connectivity index (χ3v) is 8.65. The fourth-order valence-corrected chi connectivity index (χ4v) is 8.00. The van der Waals surface area contributed by atoms with Crippen molar-refractivity contribution in [3.63, 3.8) is 0 Å². The van der Waals surface area contributed by atoms with Gasteiger partial charge in [0.2, 0.25) is 0 Å². The molecular weight excluding hydrogens is 342 g/mol. The Balaban J connectivity index is 1.68. The minimum absolute atomic E-state index is 0.0376. The van der Waals surface area contributed by atoms with Gasteiger partial charge < -0.3 is 14.8 Å². The van der Waals surface area contributed by atoms with E-state index in [0.29, 0.717) is 16.9 Å². The highest BCUT2D eigenvalue weighted by Crippen LogP contribution is 2.63. The van der Waals surface area contributed by atoms with E-state index in [1.54, 1.807) is 13.2 Å². The van der Waals surface area contributed by atoms with Gasteiger partial charge in [-0.2, -0.15) is 0 Å². The molecule has 4 nitrogen and oxygen atoms in total. The molecule has 0 unspecified atom stereocenters. The number of thiazole rings is 1. The van der Waals surface area contributed by atoms with Gasteiger partial charge in [0.1, 0.15) is 0 Å². The van der Waals surface area contributed by atoms with E-state index in [2.05, 4.69) is 4.98 Å². The summed E-state index contributed by atoms with van der Waals surface area (Å²) in [5, 5.41) is 11.6. The third-order valence-electron chi connectivity index (χ3n) is 6.03. The van der Waals surface area contributed by atoms with E-state index in [4.69, 9.17) is 4.74 Å². The van der Waals surface area contributed by atoms with Crippen LogP contribution in [0, 0.1) is 17.8 Å². The first-order valence-corrected chi connectivity index (χ1v) is 10.1. The molecule has 2 saturated carbocycles. The Labute approximate surface area is 148 Å². The molecule has 24 heavy (non-hydrogen) atoms. The van der Waals surface area contributed by atoms with Gasteiger partial charge in [0, 0.05) is 16.0 Å². The Kier molecular flexibility index (Phi) is 3.29. The molecule has 3 aliphatic rings. The lowest BCUT2D eigenvalue weighted by Gasteiger charge is -2.40. The summed E-state index contributed by atoms with van der Waals surface area (Å²) in [5.41, 5.74) is 1.16. The van der Waals surface area contributed by atoms with Crippen molar-refractivity contribution >= 4 is 23.1 Å².